The van der Waals surface area contributed by atoms with Crippen molar-refractivity contribution in [3.05, 3.63) is 51.9 Å². The molecule has 24 heavy (non-hydrogen) atoms. The van der Waals surface area contributed by atoms with Gasteiger partial charge >= 0.3 is 5.63 Å². The van der Waals surface area contributed by atoms with E-state index in [1.807, 2.05) is 12.1 Å². The first-order chi connectivity index (χ1) is 11.7. The van der Waals surface area contributed by atoms with Crippen LogP contribution in [-0.2, 0) is 0 Å². The van der Waals surface area contributed by atoms with Crippen LogP contribution < -0.4 is 16.1 Å². The average Bonchev–Trinajstić information content (AvgIpc) is 2.62. The van der Waals surface area contributed by atoms with Gasteiger partial charge in [-0.3, -0.25) is 0 Å². The van der Waals surface area contributed by atoms with E-state index < -0.39 is 5.63 Å². The van der Waals surface area contributed by atoms with Crippen molar-refractivity contribution in [1.82, 2.24) is 0 Å². The third kappa shape index (κ3) is 2.18. The van der Waals surface area contributed by atoms with E-state index in [-0.39, 0.29) is 17.7 Å². The zero-order valence-electron chi connectivity index (χ0n) is 13.2. The topological polar surface area (TPSA) is 89.2 Å². The van der Waals surface area contributed by atoms with Gasteiger partial charge in [0.25, 0.3) is 0 Å². The lowest BCUT2D eigenvalue weighted by molar-refractivity contribution is 0.260. The van der Waals surface area contributed by atoms with Crippen molar-refractivity contribution in [2.45, 2.75) is 38.0 Å². The Bertz CT molecular complexity index is 930. The SMILES string of the molecule is N#CC1=C(N)Oc2c(oc(=O)c3ccccc23)C1C1CCCCC1. The van der Waals surface area contributed by atoms with E-state index in [9.17, 15) is 10.1 Å². The lowest BCUT2D eigenvalue weighted by atomic mass is 9.74. The average molecular weight is 322 g/mol. The highest BCUT2D eigenvalue weighted by Crippen LogP contribution is 2.48. The fourth-order valence-corrected chi connectivity index (χ4v) is 3.99. The molecule has 2 heterocycles. The quantitative estimate of drug-likeness (QED) is 0.867. The number of ether oxygens (including phenoxy) is 1. The number of nitrogens with two attached hydrogens (primary N) is 1. The van der Waals surface area contributed by atoms with Crippen LogP contribution in [0.4, 0.5) is 0 Å². The molecule has 0 spiro atoms. The molecule has 1 aliphatic carbocycles. The summed E-state index contributed by atoms with van der Waals surface area (Å²) in [6.45, 7) is 0. The highest BCUT2D eigenvalue weighted by Gasteiger charge is 2.39. The molecule has 0 amide bonds. The summed E-state index contributed by atoms with van der Waals surface area (Å²) in [5.74, 6) is 1.02. The number of nitrogens with zero attached hydrogens (tertiary/aromatic N) is 1. The van der Waals surface area contributed by atoms with Crippen LogP contribution >= 0.6 is 0 Å². The molecule has 1 saturated carbocycles. The van der Waals surface area contributed by atoms with Gasteiger partial charge in [-0.05, 0) is 24.8 Å². The van der Waals surface area contributed by atoms with Crippen molar-refractivity contribution in [2.75, 3.05) is 0 Å². The highest BCUT2D eigenvalue weighted by molar-refractivity contribution is 5.88. The van der Waals surface area contributed by atoms with Crippen LogP contribution in [0.1, 0.15) is 43.8 Å². The number of nitriles is 1. The number of allylic oxidation sites excluding steroid dienone is 1. The largest absolute Gasteiger partial charge is 0.436 e. The fourth-order valence-electron chi connectivity index (χ4n) is 3.99. The summed E-state index contributed by atoms with van der Waals surface area (Å²) in [6, 6.07) is 9.35. The Kier molecular flexibility index (Phi) is 3.53. The minimum absolute atomic E-state index is 0.125. The van der Waals surface area contributed by atoms with Crippen LogP contribution in [0.3, 0.4) is 0 Å². The first-order valence-corrected chi connectivity index (χ1v) is 8.34. The maximum Gasteiger partial charge on any atom is 0.344 e. The molecule has 1 aromatic carbocycles. The molecule has 1 atom stereocenters. The molecule has 0 bridgehead atoms. The van der Waals surface area contributed by atoms with Gasteiger partial charge in [0.1, 0.15) is 11.6 Å². The predicted molar refractivity (Wildman–Crippen MR) is 89.3 cm³/mol. The number of rotatable bonds is 1. The minimum atomic E-state index is -0.397. The van der Waals surface area contributed by atoms with Crippen molar-refractivity contribution in [3.63, 3.8) is 0 Å². The minimum Gasteiger partial charge on any atom is -0.436 e. The molecule has 1 unspecified atom stereocenters. The third-order valence-corrected chi connectivity index (χ3v) is 5.13. The van der Waals surface area contributed by atoms with E-state index >= 15 is 0 Å². The van der Waals surface area contributed by atoms with Gasteiger partial charge in [0.15, 0.2) is 11.5 Å². The standard InChI is InChI=1S/C19H18N2O3/c20-10-14-15(11-6-2-1-3-7-11)17-16(23-18(14)21)12-8-4-5-9-13(12)19(22)24-17/h4-5,8-9,11,15H,1-3,6-7,21H2. The summed E-state index contributed by atoms with van der Waals surface area (Å²) >= 11 is 0. The summed E-state index contributed by atoms with van der Waals surface area (Å²) < 4.78 is 11.4. The molecule has 1 aromatic heterocycles. The Morgan fingerprint density at radius 2 is 1.83 bits per heavy atom. The molecular formula is C19H18N2O3. The van der Waals surface area contributed by atoms with Crippen LogP contribution in [0.5, 0.6) is 5.75 Å². The Balaban J connectivity index is 1.97. The molecule has 2 N–H and O–H groups in total. The van der Waals surface area contributed by atoms with Gasteiger partial charge in [-0.2, -0.15) is 5.26 Å². The smallest absolute Gasteiger partial charge is 0.344 e. The van der Waals surface area contributed by atoms with Crippen LogP contribution in [-0.4, -0.2) is 0 Å². The Hall–Kier alpha value is -2.74. The van der Waals surface area contributed by atoms with Crippen molar-refractivity contribution in [2.24, 2.45) is 11.7 Å². The molecule has 0 saturated heterocycles. The normalized spacial score (nSPS) is 21.2. The van der Waals surface area contributed by atoms with E-state index in [4.69, 9.17) is 14.9 Å². The summed E-state index contributed by atoms with van der Waals surface area (Å²) in [6.07, 6.45) is 5.44. The summed E-state index contributed by atoms with van der Waals surface area (Å²) in [5, 5.41) is 10.7. The lowest BCUT2D eigenvalue weighted by Gasteiger charge is -2.33. The zero-order chi connectivity index (χ0) is 16.7. The summed E-state index contributed by atoms with van der Waals surface area (Å²) in [5.41, 5.74) is 6.03. The first kappa shape index (κ1) is 14.8. The van der Waals surface area contributed by atoms with Crippen molar-refractivity contribution >= 4 is 10.8 Å². The molecule has 1 aliphatic heterocycles. The third-order valence-electron chi connectivity index (χ3n) is 5.13. The van der Waals surface area contributed by atoms with E-state index in [0.29, 0.717) is 27.9 Å². The fraction of sp³-hybridized carbons (Fsp3) is 0.368. The van der Waals surface area contributed by atoms with E-state index in [1.54, 1.807) is 12.1 Å². The van der Waals surface area contributed by atoms with Gasteiger partial charge in [0.2, 0.25) is 5.88 Å². The second-order valence-electron chi connectivity index (χ2n) is 6.50. The molecule has 2 aromatic rings. The Labute approximate surface area is 139 Å². The maximum atomic E-state index is 12.4. The number of fused-ring (bicyclic) bond motifs is 3. The molecule has 122 valence electrons. The zero-order valence-corrected chi connectivity index (χ0v) is 13.2. The summed E-state index contributed by atoms with van der Waals surface area (Å²) in [4.78, 5) is 12.4. The second kappa shape index (κ2) is 5.72. The molecule has 5 nitrogen and oxygen atoms in total. The van der Waals surface area contributed by atoms with Gasteiger partial charge < -0.3 is 14.9 Å². The van der Waals surface area contributed by atoms with Gasteiger partial charge in [0.05, 0.1) is 11.3 Å². The molecular weight excluding hydrogens is 304 g/mol. The number of hydrogen-bond donors (Lipinski definition) is 1. The van der Waals surface area contributed by atoms with E-state index in [0.717, 1.165) is 25.7 Å². The van der Waals surface area contributed by atoms with Crippen LogP contribution in [0, 0.1) is 17.2 Å². The molecule has 5 heteroatoms. The van der Waals surface area contributed by atoms with Gasteiger partial charge in [-0.1, -0.05) is 37.5 Å². The molecule has 4 rings (SSSR count). The van der Waals surface area contributed by atoms with Crippen LogP contribution in [0.15, 0.2) is 44.9 Å². The van der Waals surface area contributed by atoms with Crippen LogP contribution in [0.25, 0.3) is 10.8 Å². The number of hydrogen-bond acceptors (Lipinski definition) is 5. The Morgan fingerprint density at radius 1 is 1.12 bits per heavy atom. The summed E-state index contributed by atoms with van der Waals surface area (Å²) in [7, 11) is 0. The van der Waals surface area contributed by atoms with Crippen LogP contribution in [0.2, 0.25) is 0 Å². The van der Waals surface area contributed by atoms with Gasteiger partial charge in [-0.15, -0.1) is 0 Å². The molecule has 0 radical (unpaired) electrons. The van der Waals surface area contributed by atoms with Crippen molar-refractivity contribution < 1.29 is 9.15 Å². The van der Waals surface area contributed by atoms with Gasteiger partial charge in [-0.25, -0.2) is 4.79 Å². The van der Waals surface area contributed by atoms with E-state index in [1.165, 1.54) is 6.42 Å². The molecule has 2 aliphatic rings. The second-order valence-corrected chi connectivity index (χ2v) is 6.50. The first-order valence-electron chi connectivity index (χ1n) is 8.34. The van der Waals surface area contributed by atoms with E-state index in [2.05, 4.69) is 6.07 Å². The predicted octanol–water partition coefficient (Wildman–Crippen LogP) is 3.54. The lowest BCUT2D eigenvalue weighted by Crippen LogP contribution is -2.27. The van der Waals surface area contributed by atoms with Gasteiger partial charge in [0, 0.05) is 5.39 Å². The monoisotopic (exact) mass is 322 g/mol. The van der Waals surface area contributed by atoms with Crippen molar-refractivity contribution in [3.8, 4) is 11.8 Å². The molecule has 1 fully saturated rings. The maximum absolute atomic E-state index is 12.4. The number of benzene rings is 1. The van der Waals surface area contributed by atoms with Crippen molar-refractivity contribution in [1.29, 1.82) is 5.26 Å². The Morgan fingerprint density at radius 3 is 2.54 bits per heavy atom. The highest BCUT2D eigenvalue weighted by atomic mass is 16.5.